The molecule has 1 aliphatic rings. The van der Waals surface area contributed by atoms with Gasteiger partial charge in [-0.3, -0.25) is 9.59 Å². The van der Waals surface area contributed by atoms with Crippen LogP contribution in [0.4, 0.5) is 0 Å². The van der Waals surface area contributed by atoms with Crippen LogP contribution < -0.4 is 4.87 Å². The fourth-order valence-electron chi connectivity index (χ4n) is 2.28. The summed E-state index contributed by atoms with van der Waals surface area (Å²) in [6.07, 6.45) is 0.458. The van der Waals surface area contributed by atoms with E-state index in [2.05, 4.69) is 0 Å². The standard InChI is InChI=1S/C13H20N2O3S/c1-9-7-18-11(3)6-15(9)12(16)4-5-14-10(2)8-19-13(14)17/h8-9,11H,4-7H2,1-3H3/t9-,11-/m1/s1. The monoisotopic (exact) mass is 284 g/mol. The van der Waals surface area contributed by atoms with Crippen molar-refractivity contribution in [3.8, 4) is 0 Å². The lowest BCUT2D eigenvalue weighted by Crippen LogP contribution is -2.50. The lowest BCUT2D eigenvalue weighted by molar-refractivity contribution is -0.143. The first-order valence-corrected chi connectivity index (χ1v) is 7.43. The molecule has 1 fully saturated rings. The number of hydrogen-bond acceptors (Lipinski definition) is 4. The van der Waals surface area contributed by atoms with Crippen LogP contribution in [0.25, 0.3) is 0 Å². The molecule has 0 aromatic carbocycles. The van der Waals surface area contributed by atoms with E-state index >= 15 is 0 Å². The highest BCUT2D eigenvalue weighted by Gasteiger charge is 2.27. The molecule has 0 unspecified atom stereocenters. The molecule has 2 heterocycles. The van der Waals surface area contributed by atoms with Gasteiger partial charge in [0.15, 0.2) is 0 Å². The summed E-state index contributed by atoms with van der Waals surface area (Å²) in [4.78, 5) is 25.7. The second-order valence-corrected chi connectivity index (χ2v) is 5.90. The van der Waals surface area contributed by atoms with E-state index in [-0.39, 0.29) is 22.9 Å². The van der Waals surface area contributed by atoms with E-state index in [9.17, 15) is 9.59 Å². The summed E-state index contributed by atoms with van der Waals surface area (Å²) in [5, 5.41) is 1.83. The lowest BCUT2D eigenvalue weighted by Gasteiger charge is -2.36. The molecule has 6 heteroatoms. The van der Waals surface area contributed by atoms with Crippen LogP contribution in [0.5, 0.6) is 0 Å². The van der Waals surface area contributed by atoms with Gasteiger partial charge in [-0.05, 0) is 20.8 Å². The number of morpholine rings is 1. The zero-order valence-electron chi connectivity index (χ0n) is 11.6. The van der Waals surface area contributed by atoms with Crippen LogP contribution in [-0.4, -0.2) is 40.7 Å². The van der Waals surface area contributed by atoms with Gasteiger partial charge < -0.3 is 14.2 Å². The fourth-order valence-corrected chi connectivity index (χ4v) is 3.04. The number of rotatable bonds is 3. The van der Waals surface area contributed by atoms with Gasteiger partial charge in [-0.25, -0.2) is 0 Å². The Hall–Kier alpha value is -1.14. The summed E-state index contributed by atoms with van der Waals surface area (Å²) >= 11 is 1.18. The Morgan fingerprint density at radius 1 is 1.53 bits per heavy atom. The molecule has 1 aromatic rings. The average Bonchev–Trinajstić information content (AvgIpc) is 2.69. The first-order valence-electron chi connectivity index (χ1n) is 6.55. The maximum absolute atomic E-state index is 12.2. The van der Waals surface area contributed by atoms with Crippen molar-refractivity contribution in [2.24, 2.45) is 0 Å². The minimum absolute atomic E-state index is 0.00805. The van der Waals surface area contributed by atoms with Gasteiger partial charge >= 0.3 is 4.87 Å². The molecule has 0 N–H and O–H groups in total. The topological polar surface area (TPSA) is 51.5 Å². The van der Waals surface area contributed by atoms with E-state index in [0.29, 0.717) is 26.1 Å². The minimum Gasteiger partial charge on any atom is -0.375 e. The van der Waals surface area contributed by atoms with E-state index in [1.54, 1.807) is 4.57 Å². The molecule has 1 amide bonds. The Morgan fingerprint density at radius 2 is 2.26 bits per heavy atom. The summed E-state index contributed by atoms with van der Waals surface area (Å²) in [6.45, 7) is 7.54. The first-order chi connectivity index (χ1) is 8.99. The fraction of sp³-hybridized carbons (Fsp3) is 0.692. The predicted molar refractivity (Wildman–Crippen MR) is 74.5 cm³/mol. The quantitative estimate of drug-likeness (QED) is 0.839. The van der Waals surface area contributed by atoms with E-state index in [4.69, 9.17) is 4.74 Å². The number of carbonyl (C=O) groups excluding carboxylic acids is 1. The molecule has 2 rings (SSSR count). The van der Waals surface area contributed by atoms with Crippen LogP contribution in [0, 0.1) is 6.92 Å². The molecule has 5 nitrogen and oxygen atoms in total. The van der Waals surface area contributed by atoms with Crippen molar-refractivity contribution in [2.45, 2.75) is 45.9 Å². The summed E-state index contributed by atoms with van der Waals surface area (Å²) in [5.41, 5.74) is 0.922. The number of amides is 1. The summed E-state index contributed by atoms with van der Waals surface area (Å²) in [6, 6.07) is 0.115. The molecule has 0 bridgehead atoms. The Labute approximate surface area is 116 Å². The number of hydrogen-bond donors (Lipinski definition) is 0. The van der Waals surface area contributed by atoms with Gasteiger partial charge in [0.25, 0.3) is 0 Å². The third kappa shape index (κ3) is 3.25. The third-order valence-electron chi connectivity index (χ3n) is 3.45. The van der Waals surface area contributed by atoms with Gasteiger partial charge in [-0.15, -0.1) is 0 Å². The summed E-state index contributed by atoms with van der Waals surface area (Å²) < 4.78 is 7.18. The van der Waals surface area contributed by atoms with E-state index in [1.165, 1.54) is 11.3 Å². The average molecular weight is 284 g/mol. The number of thiazole rings is 1. The normalized spacial score (nSPS) is 23.6. The highest BCUT2D eigenvalue weighted by atomic mass is 32.1. The van der Waals surface area contributed by atoms with Gasteiger partial charge in [0, 0.05) is 30.6 Å². The van der Waals surface area contributed by atoms with Crippen molar-refractivity contribution < 1.29 is 9.53 Å². The maximum Gasteiger partial charge on any atom is 0.307 e. The second kappa shape index (κ2) is 5.88. The van der Waals surface area contributed by atoms with E-state index in [1.807, 2.05) is 31.1 Å². The maximum atomic E-state index is 12.2. The van der Waals surface area contributed by atoms with Crippen molar-refractivity contribution in [3.63, 3.8) is 0 Å². The van der Waals surface area contributed by atoms with E-state index in [0.717, 1.165) is 5.69 Å². The number of nitrogens with zero attached hydrogens (tertiary/aromatic N) is 2. The SMILES string of the molecule is Cc1csc(=O)n1CCC(=O)N1C[C@@H](C)OC[C@H]1C. The van der Waals surface area contributed by atoms with Crippen LogP contribution in [-0.2, 0) is 16.1 Å². The van der Waals surface area contributed by atoms with Crippen LogP contribution in [0.1, 0.15) is 26.0 Å². The third-order valence-corrected chi connectivity index (χ3v) is 4.33. The molecular formula is C13H20N2O3S. The number of ether oxygens (including phenoxy) is 1. The number of aromatic nitrogens is 1. The summed E-state index contributed by atoms with van der Waals surface area (Å²) in [7, 11) is 0. The molecule has 0 radical (unpaired) electrons. The Bertz CT molecular complexity index is 508. The van der Waals surface area contributed by atoms with Gasteiger partial charge in [0.1, 0.15) is 0 Å². The second-order valence-electron chi connectivity index (χ2n) is 5.08. The Kier molecular flexibility index (Phi) is 4.42. The lowest BCUT2D eigenvalue weighted by atomic mass is 10.2. The molecule has 19 heavy (non-hydrogen) atoms. The first kappa shape index (κ1) is 14.3. The van der Waals surface area contributed by atoms with Crippen LogP contribution in [0.2, 0.25) is 0 Å². The predicted octanol–water partition coefficient (Wildman–Crippen LogP) is 1.24. The molecule has 0 spiro atoms. The number of aryl methyl sites for hydroxylation is 1. The van der Waals surface area contributed by atoms with Crippen molar-refractivity contribution >= 4 is 17.2 Å². The van der Waals surface area contributed by atoms with Crippen molar-refractivity contribution in [3.05, 3.63) is 20.7 Å². The molecule has 0 aliphatic carbocycles. The number of carbonyl (C=O) groups is 1. The Balaban J connectivity index is 1.96. The van der Waals surface area contributed by atoms with Gasteiger partial charge in [0.05, 0.1) is 18.8 Å². The molecule has 0 saturated carbocycles. The van der Waals surface area contributed by atoms with Crippen LogP contribution in [0.15, 0.2) is 10.2 Å². The molecule has 1 aromatic heterocycles. The molecular weight excluding hydrogens is 264 g/mol. The van der Waals surface area contributed by atoms with Crippen molar-refractivity contribution in [1.82, 2.24) is 9.47 Å². The van der Waals surface area contributed by atoms with Crippen molar-refractivity contribution in [1.29, 1.82) is 0 Å². The molecule has 2 atom stereocenters. The Morgan fingerprint density at radius 3 is 2.89 bits per heavy atom. The smallest absolute Gasteiger partial charge is 0.307 e. The molecule has 1 saturated heterocycles. The molecule has 106 valence electrons. The van der Waals surface area contributed by atoms with Gasteiger partial charge in [-0.2, -0.15) is 0 Å². The van der Waals surface area contributed by atoms with Gasteiger partial charge in [0.2, 0.25) is 5.91 Å². The minimum atomic E-state index is 0.00805. The molecule has 1 aliphatic heterocycles. The summed E-state index contributed by atoms with van der Waals surface area (Å²) in [5.74, 6) is 0.0974. The zero-order valence-corrected chi connectivity index (χ0v) is 12.4. The van der Waals surface area contributed by atoms with Crippen LogP contribution in [0.3, 0.4) is 0 Å². The highest BCUT2D eigenvalue weighted by Crippen LogP contribution is 2.13. The van der Waals surface area contributed by atoms with Gasteiger partial charge in [-0.1, -0.05) is 11.3 Å². The highest BCUT2D eigenvalue weighted by molar-refractivity contribution is 7.07. The van der Waals surface area contributed by atoms with Crippen LogP contribution >= 0.6 is 11.3 Å². The van der Waals surface area contributed by atoms with E-state index < -0.39 is 0 Å². The largest absolute Gasteiger partial charge is 0.375 e. The zero-order chi connectivity index (χ0) is 14.0. The van der Waals surface area contributed by atoms with Crippen molar-refractivity contribution in [2.75, 3.05) is 13.2 Å².